The average molecular weight is 1490 g/mol. The summed E-state index contributed by atoms with van der Waals surface area (Å²) in [5, 5.41) is 12.7. The Kier molecular flexibility index (Phi) is 16.6. The van der Waals surface area contributed by atoms with Crippen molar-refractivity contribution in [2.24, 2.45) is 0 Å². The summed E-state index contributed by atoms with van der Waals surface area (Å²) in [4.78, 5) is 9.55. The van der Waals surface area contributed by atoms with Crippen LogP contribution in [0.3, 0.4) is 0 Å². The summed E-state index contributed by atoms with van der Waals surface area (Å²) in [6.45, 7) is 0. The summed E-state index contributed by atoms with van der Waals surface area (Å²) in [6, 6.07) is 148. The van der Waals surface area contributed by atoms with Gasteiger partial charge in [-0.15, -0.1) is 45.3 Å². The fourth-order valence-corrected chi connectivity index (χ4v) is 20.9. The van der Waals surface area contributed by atoms with Crippen LogP contribution in [0.4, 0.5) is 68.2 Å². The van der Waals surface area contributed by atoms with Crippen LogP contribution in [-0.2, 0) is 0 Å². The molecular weight excluding hydrogens is 1420 g/mol. The van der Waals surface area contributed by atoms with Gasteiger partial charge in [0.25, 0.3) is 0 Å². The van der Waals surface area contributed by atoms with E-state index in [1.54, 1.807) is 0 Å². The second kappa shape index (κ2) is 28.0. The molecule has 0 saturated carbocycles. The minimum Gasteiger partial charge on any atom is -0.310 e. The molecule has 0 unspecified atom stereocenters. The number of nitrogens with zero attached hydrogens (tertiary/aromatic N) is 5. The lowest BCUT2D eigenvalue weighted by Gasteiger charge is -2.27. The third-order valence-corrected chi connectivity index (χ3v) is 25.9. The molecule has 0 aliphatic heterocycles. The first-order chi connectivity index (χ1) is 55.0. The maximum atomic E-state index is 2.44. The highest BCUT2D eigenvalue weighted by Gasteiger charge is 2.25. The molecule has 111 heavy (non-hydrogen) atoms. The van der Waals surface area contributed by atoms with Crippen molar-refractivity contribution >= 4 is 216 Å². The first kappa shape index (κ1) is 65.9. The smallest absolute Gasteiger partial charge is 0.0542 e. The van der Waals surface area contributed by atoms with E-state index < -0.39 is 0 Å². The van der Waals surface area contributed by atoms with Gasteiger partial charge in [0.15, 0.2) is 0 Å². The summed E-state index contributed by atoms with van der Waals surface area (Å²) in [7, 11) is 0. The van der Waals surface area contributed by atoms with Gasteiger partial charge in [-0.2, -0.15) is 0 Å². The predicted molar refractivity (Wildman–Crippen MR) is 483 cm³/mol. The van der Waals surface area contributed by atoms with Gasteiger partial charge < -0.3 is 24.2 Å². The molecule has 0 N–H and O–H groups in total. The molecule has 0 atom stereocenters. The quantitative estimate of drug-likeness (QED) is 0.108. The molecule has 0 aliphatic rings. The van der Waals surface area contributed by atoms with Crippen molar-refractivity contribution in [1.29, 1.82) is 0 Å². The number of aromatic nitrogens is 1. The van der Waals surface area contributed by atoms with Gasteiger partial charge in [-0.25, -0.2) is 0 Å². The Hall–Kier alpha value is -13.4. The summed E-state index contributed by atoms with van der Waals surface area (Å²) in [5.41, 5.74) is 19.6. The highest BCUT2D eigenvalue weighted by atomic mass is 32.1. The van der Waals surface area contributed by atoms with Crippen LogP contribution in [0.25, 0.3) is 119 Å². The molecule has 22 rings (SSSR count). The molecule has 0 aliphatic carbocycles. The second-order valence-corrected chi connectivity index (χ2v) is 32.3. The summed E-state index contributed by atoms with van der Waals surface area (Å²) in [5.74, 6) is 0. The monoisotopic (exact) mass is 1490 g/mol. The Bertz CT molecular complexity index is 7140. The van der Waals surface area contributed by atoms with Crippen molar-refractivity contribution in [1.82, 2.24) is 4.57 Å². The molecule has 9 heteroatoms. The fourth-order valence-electron chi connectivity index (χ4n) is 16.4. The van der Waals surface area contributed by atoms with Gasteiger partial charge in [0, 0.05) is 165 Å². The van der Waals surface area contributed by atoms with Crippen LogP contribution in [0.15, 0.2) is 406 Å². The predicted octanol–water partition coefficient (Wildman–Crippen LogP) is 31.5. The number of anilines is 12. The molecule has 524 valence electrons. The summed E-state index contributed by atoms with van der Waals surface area (Å²) in [6.07, 6.45) is 0. The zero-order valence-corrected chi connectivity index (χ0v) is 63.3. The lowest BCUT2D eigenvalue weighted by atomic mass is 9.97. The third-order valence-electron chi connectivity index (χ3n) is 21.3. The first-order valence-corrected chi connectivity index (χ1v) is 40.7. The van der Waals surface area contributed by atoms with Crippen LogP contribution < -0.4 is 19.6 Å². The van der Waals surface area contributed by atoms with Crippen molar-refractivity contribution < 1.29 is 0 Å². The van der Waals surface area contributed by atoms with Crippen molar-refractivity contribution in [2.45, 2.75) is 0 Å². The Labute approximate surface area is 658 Å². The molecule has 5 heterocycles. The second-order valence-electron chi connectivity index (χ2n) is 27.9. The van der Waals surface area contributed by atoms with Gasteiger partial charge in [0.05, 0.1) is 11.0 Å². The standard InChI is InChI=1S/C54H35N3S2.C48H32N2S2/c1-4-14-36(15-5-1)55(37-16-6-2-7-17-37)40-27-31-52-48(33-40)46-29-25-42(35-54(46)59-52)56(41-24-28-45-44-21-11-13-23-51(44)58-53(45)34-41)39-26-30-50-47(32-39)43-20-10-12-22-49(43)57(50)38-18-8-3-9-19-38;1-5-15-33(16-6-1)41-31-39(50(36-21-11-4-12-22-36)37-25-27-45-42(29-37)40-23-13-14-24-44(40)51-45)32-47-48(41)43-30-38(26-28-46(43)52-47)49(34-17-7-2-8-18-34)35-19-9-3-10-20-35/h1-35H;1-32H. The van der Waals surface area contributed by atoms with Crippen LogP contribution in [-0.4, -0.2) is 4.57 Å². The maximum Gasteiger partial charge on any atom is 0.0542 e. The normalized spacial score (nSPS) is 11.6. The number of benzene rings is 17. The molecular formula is C102H67N5S4. The molecule has 22 aromatic rings. The fraction of sp³-hybridized carbons (Fsp3) is 0. The van der Waals surface area contributed by atoms with E-state index in [0.29, 0.717) is 0 Å². The first-order valence-electron chi connectivity index (χ1n) is 37.4. The Morgan fingerprint density at radius 2 is 0.477 bits per heavy atom. The highest BCUT2D eigenvalue weighted by Crippen LogP contribution is 2.51. The lowest BCUT2D eigenvalue weighted by Crippen LogP contribution is -2.10. The van der Waals surface area contributed by atoms with Crippen LogP contribution in [0.5, 0.6) is 0 Å². The average Bonchev–Trinajstić information content (AvgIpc) is 1.55. The number of rotatable bonds is 14. The van der Waals surface area contributed by atoms with Crippen molar-refractivity contribution in [3.63, 3.8) is 0 Å². The molecule has 0 spiro atoms. The van der Waals surface area contributed by atoms with Gasteiger partial charge in [0.1, 0.15) is 0 Å². The SMILES string of the molecule is c1ccc(-c2cc(N(c3ccccc3)c3ccc4sc5ccccc5c4c3)cc3sc4ccc(N(c5ccccc5)c5ccccc5)cc4c23)cc1.c1ccc(N(c2ccccc2)c2ccc3sc4cc(N(c5ccc6c(c5)sc5ccccc56)c5ccc6c(c5)c5ccccc5n6-c5ccccc5)ccc4c3c2)cc1. The van der Waals surface area contributed by atoms with Gasteiger partial charge >= 0.3 is 0 Å². The van der Waals surface area contributed by atoms with Crippen molar-refractivity contribution in [3.8, 4) is 16.8 Å². The van der Waals surface area contributed by atoms with Crippen LogP contribution in [0, 0.1) is 0 Å². The lowest BCUT2D eigenvalue weighted by molar-refractivity contribution is 1.18. The van der Waals surface area contributed by atoms with Gasteiger partial charge in [-0.1, -0.05) is 206 Å². The number of thiophene rings is 4. The van der Waals surface area contributed by atoms with Crippen LogP contribution in [0.1, 0.15) is 0 Å². The molecule has 0 saturated heterocycles. The number of para-hydroxylation sites is 7. The van der Waals surface area contributed by atoms with Gasteiger partial charge in [-0.3, -0.25) is 0 Å². The van der Waals surface area contributed by atoms with Gasteiger partial charge in [0.2, 0.25) is 0 Å². The third kappa shape index (κ3) is 11.9. The van der Waals surface area contributed by atoms with E-state index in [4.69, 9.17) is 0 Å². The molecule has 5 aromatic heterocycles. The van der Waals surface area contributed by atoms with Gasteiger partial charge in [-0.05, 0) is 211 Å². The van der Waals surface area contributed by atoms with E-state index in [1.807, 2.05) is 45.3 Å². The van der Waals surface area contributed by atoms with E-state index >= 15 is 0 Å². The molecule has 0 bridgehead atoms. The van der Waals surface area contributed by atoms with E-state index in [0.717, 1.165) is 73.9 Å². The maximum absolute atomic E-state index is 2.44. The number of hydrogen-bond donors (Lipinski definition) is 0. The van der Waals surface area contributed by atoms with E-state index in [-0.39, 0.29) is 0 Å². The van der Waals surface area contributed by atoms with Crippen molar-refractivity contribution in [3.05, 3.63) is 406 Å². The van der Waals surface area contributed by atoms with E-state index in [9.17, 15) is 0 Å². The molecule has 0 radical (unpaired) electrons. The zero-order chi connectivity index (χ0) is 73.3. The van der Waals surface area contributed by atoms with E-state index in [2.05, 4.69) is 431 Å². The van der Waals surface area contributed by atoms with Crippen LogP contribution in [0.2, 0.25) is 0 Å². The molecule has 0 fully saturated rings. The topological polar surface area (TPSA) is 17.9 Å². The minimum absolute atomic E-state index is 1.12. The summed E-state index contributed by atoms with van der Waals surface area (Å²) < 4.78 is 12.7. The Morgan fingerprint density at radius 3 is 0.982 bits per heavy atom. The Balaban J connectivity index is 0.000000142. The van der Waals surface area contributed by atoms with Crippen LogP contribution >= 0.6 is 45.3 Å². The molecule has 17 aromatic carbocycles. The zero-order valence-electron chi connectivity index (χ0n) is 60.1. The van der Waals surface area contributed by atoms with Crippen molar-refractivity contribution in [2.75, 3.05) is 19.6 Å². The largest absolute Gasteiger partial charge is 0.310 e. The summed E-state index contributed by atoms with van der Waals surface area (Å²) >= 11 is 7.45. The number of fused-ring (bicyclic) bond motifs is 15. The minimum atomic E-state index is 1.12. The Morgan fingerprint density at radius 1 is 0.171 bits per heavy atom. The highest BCUT2D eigenvalue weighted by molar-refractivity contribution is 7.27. The molecule has 5 nitrogen and oxygen atoms in total. The molecule has 0 amide bonds. The number of hydrogen-bond acceptors (Lipinski definition) is 8. The van der Waals surface area contributed by atoms with E-state index in [1.165, 1.54) is 114 Å².